The third-order valence-corrected chi connectivity index (χ3v) is 6.32. The average molecular weight is 534 g/mol. The van der Waals surface area contributed by atoms with E-state index in [0.29, 0.717) is 13.0 Å². The molecule has 2 amide bonds. The zero-order valence-electron chi connectivity index (χ0n) is 22.8. The second kappa shape index (κ2) is 14.4. The zero-order chi connectivity index (χ0) is 28.3. The minimum absolute atomic E-state index is 0.141. The van der Waals surface area contributed by atoms with Crippen LogP contribution in [0.25, 0.3) is 11.3 Å². The molecule has 9 heteroatoms. The van der Waals surface area contributed by atoms with Crippen molar-refractivity contribution in [1.29, 1.82) is 0 Å². The van der Waals surface area contributed by atoms with Crippen LogP contribution in [0.4, 0.5) is 4.79 Å². The molecule has 0 spiro atoms. The van der Waals surface area contributed by atoms with Crippen molar-refractivity contribution in [3.8, 4) is 11.3 Å². The van der Waals surface area contributed by atoms with Gasteiger partial charge in [0.2, 0.25) is 5.91 Å². The molecule has 0 saturated heterocycles. The third-order valence-electron chi connectivity index (χ3n) is 6.32. The summed E-state index contributed by atoms with van der Waals surface area (Å²) in [6.07, 6.45) is 0.984. The van der Waals surface area contributed by atoms with E-state index in [2.05, 4.69) is 20.5 Å². The smallest absolute Gasteiger partial charge is 0.406 e. The molecule has 5 N–H and O–H groups in total. The number of nitrogens with two attached hydrogens (primary N) is 1. The summed E-state index contributed by atoms with van der Waals surface area (Å²) in [4.78, 5) is 28.9. The number of alkyl carbamates (subject to hydrolysis) is 1. The number of aromatic nitrogens is 1. The number of aliphatic hydroxyl groups is 1. The predicted octanol–water partition coefficient (Wildman–Crippen LogP) is 3.29. The van der Waals surface area contributed by atoms with Gasteiger partial charge in [-0.25, -0.2) is 9.80 Å². The lowest BCUT2D eigenvalue weighted by atomic mass is 9.89. The topological polar surface area (TPSA) is 130 Å². The molecule has 2 atom stereocenters. The first-order chi connectivity index (χ1) is 18.6. The van der Waals surface area contributed by atoms with Gasteiger partial charge in [0.15, 0.2) is 0 Å². The first kappa shape index (κ1) is 29.8. The summed E-state index contributed by atoms with van der Waals surface area (Å²) in [5, 5.41) is 15.3. The summed E-state index contributed by atoms with van der Waals surface area (Å²) < 4.78 is 4.62. The molecule has 39 heavy (non-hydrogen) atoms. The Balaban J connectivity index is 1.68. The SMILES string of the molecule is COC(=O)NCC(C)(C)CC(=O)NN(Cc1ccc(-c2ccccn2)cc1)CC(O)C(N)Cc1ccccc1. The van der Waals surface area contributed by atoms with E-state index in [1.54, 1.807) is 11.2 Å². The van der Waals surface area contributed by atoms with Crippen molar-refractivity contribution in [3.05, 3.63) is 90.1 Å². The van der Waals surface area contributed by atoms with Gasteiger partial charge < -0.3 is 20.9 Å². The second-order valence-electron chi connectivity index (χ2n) is 10.4. The Labute approximate surface area is 230 Å². The summed E-state index contributed by atoms with van der Waals surface area (Å²) in [6, 6.07) is 22.9. The van der Waals surface area contributed by atoms with E-state index in [1.807, 2.05) is 86.6 Å². The predicted molar refractivity (Wildman–Crippen MR) is 151 cm³/mol. The number of amides is 2. The molecular weight excluding hydrogens is 494 g/mol. The largest absolute Gasteiger partial charge is 0.453 e. The van der Waals surface area contributed by atoms with Crippen LogP contribution >= 0.6 is 0 Å². The summed E-state index contributed by atoms with van der Waals surface area (Å²) >= 11 is 0. The Morgan fingerprint density at radius 3 is 2.36 bits per heavy atom. The Morgan fingerprint density at radius 2 is 1.72 bits per heavy atom. The molecule has 9 nitrogen and oxygen atoms in total. The van der Waals surface area contributed by atoms with Crippen LogP contribution in [0.2, 0.25) is 0 Å². The number of carbonyl (C=O) groups excluding carboxylic acids is 2. The Bertz CT molecular complexity index is 1170. The Kier molecular flexibility index (Phi) is 11.0. The van der Waals surface area contributed by atoms with Gasteiger partial charge in [-0.3, -0.25) is 15.2 Å². The molecule has 0 bridgehead atoms. The molecule has 0 fully saturated rings. The summed E-state index contributed by atoms with van der Waals surface area (Å²) in [6.45, 7) is 4.54. The van der Waals surface area contributed by atoms with Crippen molar-refractivity contribution >= 4 is 12.0 Å². The lowest BCUT2D eigenvalue weighted by Gasteiger charge is -2.30. The van der Waals surface area contributed by atoms with Gasteiger partial charge in [0.1, 0.15) is 0 Å². The molecule has 2 aromatic carbocycles. The first-order valence-corrected chi connectivity index (χ1v) is 13.0. The van der Waals surface area contributed by atoms with Crippen LogP contribution < -0.4 is 16.5 Å². The monoisotopic (exact) mass is 533 g/mol. The van der Waals surface area contributed by atoms with Crippen molar-refractivity contribution in [2.75, 3.05) is 20.2 Å². The molecular formula is C30H39N5O4. The number of carbonyl (C=O) groups is 2. The van der Waals surface area contributed by atoms with Crippen molar-refractivity contribution in [3.63, 3.8) is 0 Å². The first-order valence-electron chi connectivity index (χ1n) is 13.0. The number of nitrogens with one attached hydrogen (secondary N) is 2. The van der Waals surface area contributed by atoms with E-state index in [9.17, 15) is 14.7 Å². The van der Waals surface area contributed by atoms with Crippen LogP contribution in [-0.2, 0) is 22.5 Å². The molecule has 0 radical (unpaired) electrons. The van der Waals surface area contributed by atoms with Crippen LogP contribution in [0.5, 0.6) is 0 Å². The number of hydrazine groups is 1. The highest BCUT2D eigenvalue weighted by molar-refractivity contribution is 5.76. The number of methoxy groups -OCH3 is 1. The van der Waals surface area contributed by atoms with Gasteiger partial charge in [0.05, 0.1) is 18.9 Å². The maximum Gasteiger partial charge on any atom is 0.406 e. The molecule has 1 heterocycles. The van der Waals surface area contributed by atoms with Gasteiger partial charge in [-0.1, -0.05) is 74.5 Å². The van der Waals surface area contributed by atoms with Crippen molar-refractivity contribution in [1.82, 2.24) is 20.7 Å². The van der Waals surface area contributed by atoms with Gasteiger partial charge in [0.25, 0.3) is 0 Å². The molecule has 0 aliphatic rings. The standard InChI is InChI=1S/C30H39N5O4/c1-30(2,21-33-29(38)39-3)18-28(37)34-35(20-27(36)25(31)17-22-9-5-4-6-10-22)19-23-12-14-24(15-13-23)26-11-7-8-16-32-26/h4-16,25,27,36H,17-21,31H2,1-3H3,(H,33,38)(H,34,37). The molecule has 0 aliphatic carbocycles. The molecule has 0 aliphatic heterocycles. The summed E-state index contributed by atoms with van der Waals surface area (Å²) in [7, 11) is 1.30. The minimum Gasteiger partial charge on any atom is -0.453 e. The number of rotatable bonds is 13. The zero-order valence-corrected chi connectivity index (χ0v) is 22.8. The molecule has 0 saturated carbocycles. The lowest BCUT2D eigenvalue weighted by molar-refractivity contribution is -0.129. The van der Waals surface area contributed by atoms with Crippen LogP contribution in [0, 0.1) is 5.41 Å². The van der Waals surface area contributed by atoms with E-state index in [4.69, 9.17) is 5.73 Å². The summed E-state index contributed by atoms with van der Waals surface area (Å²) in [5.41, 5.74) is 12.6. The average Bonchev–Trinajstić information content (AvgIpc) is 2.92. The maximum absolute atomic E-state index is 13.0. The Hall–Kier alpha value is -3.79. The molecule has 208 valence electrons. The quantitative estimate of drug-likeness (QED) is 0.248. The number of benzene rings is 2. The maximum atomic E-state index is 13.0. The fourth-order valence-electron chi connectivity index (χ4n) is 4.16. The highest BCUT2D eigenvalue weighted by Crippen LogP contribution is 2.20. The van der Waals surface area contributed by atoms with Crippen LogP contribution in [0.3, 0.4) is 0 Å². The van der Waals surface area contributed by atoms with E-state index in [-0.39, 0.29) is 25.4 Å². The van der Waals surface area contributed by atoms with Crippen LogP contribution in [-0.4, -0.2) is 59.4 Å². The molecule has 1 aromatic heterocycles. The van der Waals surface area contributed by atoms with Crippen molar-refractivity contribution in [2.24, 2.45) is 11.1 Å². The van der Waals surface area contributed by atoms with Crippen LogP contribution in [0.1, 0.15) is 31.4 Å². The van der Waals surface area contributed by atoms with Crippen molar-refractivity contribution < 1.29 is 19.4 Å². The number of pyridine rings is 1. The van der Waals surface area contributed by atoms with Gasteiger partial charge in [-0.2, -0.15) is 0 Å². The fourth-order valence-corrected chi connectivity index (χ4v) is 4.16. The van der Waals surface area contributed by atoms with Gasteiger partial charge in [0, 0.05) is 43.9 Å². The minimum atomic E-state index is -0.882. The normalized spacial score (nSPS) is 13.0. The molecule has 3 aromatic rings. The lowest BCUT2D eigenvalue weighted by Crippen LogP contribution is -2.51. The van der Waals surface area contributed by atoms with E-state index in [0.717, 1.165) is 22.4 Å². The number of aliphatic hydroxyl groups excluding tert-OH is 1. The molecule has 3 rings (SSSR count). The highest BCUT2D eigenvalue weighted by atomic mass is 16.5. The van der Waals surface area contributed by atoms with Gasteiger partial charge in [-0.15, -0.1) is 0 Å². The van der Waals surface area contributed by atoms with Crippen molar-refractivity contribution in [2.45, 2.75) is 45.4 Å². The fraction of sp³-hybridized carbons (Fsp3) is 0.367. The van der Waals surface area contributed by atoms with Gasteiger partial charge in [-0.05, 0) is 35.1 Å². The van der Waals surface area contributed by atoms with E-state index >= 15 is 0 Å². The van der Waals surface area contributed by atoms with Gasteiger partial charge >= 0.3 is 6.09 Å². The second-order valence-corrected chi connectivity index (χ2v) is 10.4. The Morgan fingerprint density at radius 1 is 1.03 bits per heavy atom. The highest BCUT2D eigenvalue weighted by Gasteiger charge is 2.26. The number of ether oxygens (including phenoxy) is 1. The number of hydrogen-bond donors (Lipinski definition) is 4. The number of nitrogens with zero attached hydrogens (tertiary/aromatic N) is 2. The van der Waals surface area contributed by atoms with E-state index in [1.165, 1.54) is 7.11 Å². The number of hydrogen-bond acceptors (Lipinski definition) is 7. The third kappa shape index (κ3) is 10.1. The van der Waals surface area contributed by atoms with Crippen LogP contribution in [0.15, 0.2) is 79.0 Å². The van der Waals surface area contributed by atoms with E-state index < -0.39 is 23.7 Å². The molecule has 2 unspecified atom stereocenters. The summed E-state index contributed by atoms with van der Waals surface area (Å²) in [5.74, 6) is -0.236.